The van der Waals surface area contributed by atoms with Gasteiger partial charge in [-0.05, 0) is 40.8 Å². The standard InChI is InChI=1S/C13H12IN3O3/c14-9-3-1-2-8(4-9)12(18)17-11(13(19)20)5-10-6-15-7-16-10/h1-4,6-7,11H,5H2,(H,15,16)(H,17,18)(H,19,20)/t11-/m1/s1. The number of carbonyl (C=O) groups excluding carboxylic acids is 1. The molecule has 104 valence electrons. The van der Waals surface area contributed by atoms with Crippen LogP contribution in [0.25, 0.3) is 0 Å². The van der Waals surface area contributed by atoms with Gasteiger partial charge in [-0.2, -0.15) is 0 Å². The number of benzene rings is 1. The Morgan fingerprint density at radius 3 is 2.85 bits per heavy atom. The molecule has 0 bridgehead atoms. The van der Waals surface area contributed by atoms with Gasteiger partial charge in [-0.3, -0.25) is 4.79 Å². The second-order valence-electron chi connectivity index (χ2n) is 4.16. The monoisotopic (exact) mass is 385 g/mol. The number of nitrogens with one attached hydrogen (secondary N) is 2. The molecule has 2 aromatic rings. The van der Waals surface area contributed by atoms with Crippen molar-refractivity contribution in [1.29, 1.82) is 0 Å². The number of rotatable bonds is 5. The van der Waals surface area contributed by atoms with E-state index in [9.17, 15) is 14.7 Å². The van der Waals surface area contributed by atoms with Crippen molar-refractivity contribution < 1.29 is 14.7 Å². The SMILES string of the molecule is O=C(N[C@H](Cc1cnc[nH]1)C(=O)O)c1cccc(I)c1. The van der Waals surface area contributed by atoms with E-state index >= 15 is 0 Å². The minimum Gasteiger partial charge on any atom is -0.480 e. The molecular weight excluding hydrogens is 373 g/mol. The average Bonchev–Trinajstić information content (AvgIpc) is 2.90. The molecule has 1 aromatic carbocycles. The summed E-state index contributed by atoms with van der Waals surface area (Å²) < 4.78 is 0.913. The number of hydrogen-bond donors (Lipinski definition) is 3. The van der Waals surface area contributed by atoms with Crippen molar-refractivity contribution in [1.82, 2.24) is 15.3 Å². The van der Waals surface area contributed by atoms with Crippen LogP contribution in [0.1, 0.15) is 16.1 Å². The summed E-state index contributed by atoms with van der Waals surface area (Å²) in [5.74, 6) is -1.49. The number of H-pyrrole nitrogens is 1. The van der Waals surface area contributed by atoms with Crippen LogP contribution in [-0.4, -0.2) is 33.0 Å². The predicted octanol–water partition coefficient (Wildman–Crippen LogP) is 1.44. The molecule has 7 heteroatoms. The van der Waals surface area contributed by atoms with Crippen LogP contribution in [0.5, 0.6) is 0 Å². The van der Waals surface area contributed by atoms with Crippen molar-refractivity contribution in [2.24, 2.45) is 0 Å². The Labute approximate surface area is 128 Å². The maximum Gasteiger partial charge on any atom is 0.326 e. The van der Waals surface area contributed by atoms with E-state index in [1.165, 1.54) is 12.5 Å². The highest BCUT2D eigenvalue weighted by Gasteiger charge is 2.21. The summed E-state index contributed by atoms with van der Waals surface area (Å²) in [6, 6.07) is 5.95. The predicted molar refractivity (Wildman–Crippen MR) is 80.3 cm³/mol. The topological polar surface area (TPSA) is 95.1 Å². The molecule has 2 rings (SSSR count). The molecule has 1 atom stereocenters. The lowest BCUT2D eigenvalue weighted by Crippen LogP contribution is -2.42. The maximum absolute atomic E-state index is 12.0. The summed E-state index contributed by atoms with van der Waals surface area (Å²) in [5.41, 5.74) is 1.09. The number of aromatic amines is 1. The molecule has 1 aromatic heterocycles. The van der Waals surface area contributed by atoms with Gasteiger partial charge < -0.3 is 15.4 Å². The van der Waals surface area contributed by atoms with Crippen LogP contribution in [0.2, 0.25) is 0 Å². The van der Waals surface area contributed by atoms with Crippen molar-refractivity contribution in [3.05, 3.63) is 51.6 Å². The number of aromatic nitrogens is 2. The molecule has 0 unspecified atom stereocenters. The quantitative estimate of drug-likeness (QED) is 0.679. The molecule has 6 nitrogen and oxygen atoms in total. The first-order valence-corrected chi connectivity index (χ1v) is 6.90. The first-order valence-electron chi connectivity index (χ1n) is 5.83. The molecule has 0 aliphatic rings. The summed E-state index contributed by atoms with van der Waals surface area (Å²) >= 11 is 2.09. The summed E-state index contributed by atoms with van der Waals surface area (Å²) in [4.78, 5) is 29.9. The summed E-state index contributed by atoms with van der Waals surface area (Å²) in [7, 11) is 0. The number of nitrogens with zero attached hydrogens (tertiary/aromatic N) is 1. The summed E-state index contributed by atoms with van der Waals surface area (Å²) in [6.45, 7) is 0. The van der Waals surface area contributed by atoms with E-state index in [1.807, 2.05) is 6.07 Å². The summed E-state index contributed by atoms with van der Waals surface area (Å²) in [5, 5.41) is 11.7. The third-order valence-corrected chi connectivity index (χ3v) is 3.34. The van der Waals surface area contributed by atoms with Crippen LogP contribution < -0.4 is 5.32 Å². The Kier molecular flexibility index (Phi) is 4.72. The van der Waals surface area contributed by atoms with Crippen molar-refractivity contribution >= 4 is 34.5 Å². The van der Waals surface area contributed by atoms with Gasteiger partial charge in [0.1, 0.15) is 6.04 Å². The zero-order valence-electron chi connectivity index (χ0n) is 10.3. The second kappa shape index (κ2) is 6.51. The van der Waals surface area contributed by atoms with Crippen molar-refractivity contribution in [3.63, 3.8) is 0 Å². The number of hydrogen-bond acceptors (Lipinski definition) is 3. The third kappa shape index (κ3) is 3.80. The molecule has 0 fully saturated rings. The van der Waals surface area contributed by atoms with Gasteiger partial charge in [0.05, 0.1) is 6.33 Å². The Hall–Kier alpha value is -1.90. The van der Waals surface area contributed by atoms with E-state index in [-0.39, 0.29) is 6.42 Å². The highest BCUT2D eigenvalue weighted by atomic mass is 127. The Bertz CT molecular complexity index is 613. The fourth-order valence-corrected chi connectivity index (χ4v) is 2.23. The van der Waals surface area contributed by atoms with Gasteiger partial charge in [0.2, 0.25) is 0 Å². The molecule has 0 saturated heterocycles. The van der Waals surface area contributed by atoms with Crippen LogP contribution in [0.4, 0.5) is 0 Å². The lowest BCUT2D eigenvalue weighted by molar-refractivity contribution is -0.139. The zero-order valence-corrected chi connectivity index (χ0v) is 12.5. The van der Waals surface area contributed by atoms with Crippen LogP contribution in [0, 0.1) is 3.57 Å². The first-order chi connectivity index (χ1) is 9.56. The van der Waals surface area contributed by atoms with E-state index in [1.54, 1.807) is 18.2 Å². The van der Waals surface area contributed by atoms with Crippen molar-refractivity contribution in [2.45, 2.75) is 12.5 Å². The first kappa shape index (κ1) is 14.5. The molecule has 0 radical (unpaired) electrons. The van der Waals surface area contributed by atoms with Crippen LogP contribution in [0.3, 0.4) is 0 Å². The van der Waals surface area contributed by atoms with Gasteiger partial charge >= 0.3 is 5.97 Å². The number of carboxylic acid groups (broad SMARTS) is 1. The molecule has 1 amide bonds. The molecule has 0 saturated carbocycles. The Balaban J connectivity index is 2.08. The normalized spacial score (nSPS) is 11.8. The minimum atomic E-state index is -1.08. The molecule has 0 spiro atoms. The number of carbonyl (C=O) groups is 2. The lowest BCUT2D eigenvalue weighted by atomic mass is 10.1. The van der Waals surface area contributed by atoms with E-state index in [0.29, 0.717) is 11.3 Å². The number of carboxylic acids is 1. The van der Waals surface area contributed by atoms with Gasteiger partial charge in [-0.25, -0.2) is 9.78 Å². The zero-order chi connectivity index (χ0) is 14.5. The van der Waals surface area contributed by atoms with E-state index < -0.39 is 17.9 Å². The third-order valence-electron chi connectivity index (χ3n) is 2.67. The largest absolute Gasteiger partial charge is 0.480 e. The molecular formula is C13H12IN3O3. The maximum atomic E-state index is 12.0. The number of halogens is 1. The molecule has 0 aliphatic carbocycles. The number of imidazole rings is 1. The molecule has 20 heavy (non-hydrogen) atoms. The van der Waals surface area contributed by atoms with E-state index in [2.05, 4.69) is 37.9 Å². The number of amides is 1. The average molecular weight is 385 g/mol. The van der Waals surface area contributed by atoms with Gasteiger partial charge in [-0.1, -0.05) is 6.07 Å². The lowest BCUT2D eigenvalue weighted by Gasteiger charge is -2.13. The Morgan fingerprint density at radius 2 is 2.25 bits per heavy atom. The van der Waals surface area contributed by atoms with E-state index in [4.69, 9.17) is 0 Å². The van der Waals surface area contributed by atoms with Crippen LogP contribution >= 0.6 is 22.6 Å². The summed E-state index contributed by atoms with van der Waals surface area (Å²) in [6.07, 6.45) is 3.16. The smallest absolute Gasteiger partial charge is 0.326 e. The Morgan fingerprint density at radius 1 is 1.45 bits per heavy atom. The van der Waals surface area contributed by atoms with Gasteiger partial charge in [0.15, 0.2) is 0 Å². The minimum absolute atomic E-state index is 0.158. The van der Waals surface area contributed by atoms with Crippen LogP contribution in [-0.2, 0) is 11.2 Å². The van der Waals surface area contributed by atoms with Crippen LogP contribution in [0.15, 0.2) is 36.8 Å². The van der Waals surface area contributed by atoms with Gasteiger partial charge in [0, 0.05) is 27.4 Å². The second-order valence-corrected chi connectivity index (χ2v) is 5.40. The fourth-order valence-electron chi connectivity index (χ4n) is 1.69. The van der Waals surface area contributed by atoms with Crippen molar-refractivity contribution in [3.8, 4) is 0 Å². The van der Waals surface area contributed by atoms with E-state index in [0.717, 1.165) is 3.57 Å². The van der Waals surface area contributed by atoms with Gasteiger partial charge in [-0.15, -0.1) is 0 Å². The molecule has 3 N–H and O–H groups in total. The molecule has 0 aliphatic heterocycles. The van der Waals surface area contributed by atoms with Gasteiger partial charge in [0.25, 0.3) is 5.91 Å². The van der Waals surface area contributed by atoms with Crippen molar-refractivity contribution in [2.75, 3.05) is 0 Å². The highest BCUT2D eigenvalue weighted by molar-refractivity contribution is 14.1. The molecule has 1 heterocycles. The fraction of sp³-hybridized carbons (Fsp3) is 0.154. The number of aliphatic carboxylic acids is 1. The highest BCUT2D eigenvalue weighted by Crippen LogP contribution is 2.08.